The molecule has 1 atom stereocenters. The van der Waals surface area contributed by atoms with Crippen molar-refractivity contribution in [3.8, 4) is 0 Å². The molecule has 1 heteroatoms. The Balaban J connectivity index is 2.31. The van der Waals surface area contributed by atoms with Crippen molar-refractivity contribution in [3.63, 3.8) is 0 Å². The predicted octanol–water partition coefficient (Wildman–Crippen LogP) is 6.28. The van der Waals surface area contributed by atoms with E-state index >= 15 is 0 Å². The van der Waals surface area contributed by atoms with Crippen LogP contribution < -0.4 is 5.32 Å². The number of anilines is 1. The van der Waals surface area contributed by atoms with E-state index in [-0.39, 0.29) is 0 Å². The highest BCUT2D eigenvalue weighted by Gasteiger charge is 2.19. The normalized spacial score (nSPS) is 18.5. The van der Waals surface area contributed by atoms with Gasteiger partial charge in [0.15, 0.2) is 0 Å². The topological polar surface area (TPSA) is 12.0 Å². The molecule has 0 spiro atoms. The fourth-order valence-electron chi connectivity index (χ4n) is 3.46. The molecule has 0 aliphatic heterocycles. The van der Waals surface area contributed by atoms with Gasteiger partial charge < -0.3 is 5.32 Å². The number of benzene rings is 1. The summed E-state index contributed by atoms with van der Waals surface area (Å²) in [5.74, 6) is 0.654. The molecule has 1 aromatic carbocycles. The summed E-state index contributed by atoms with van der Waals surface area (Å²) in [4.78, 5) is 0. The average molecular weight is 297 g/mol. The number of allylic oxidation sites excluding steroid dienone is 4. The fraction of sp³-hybridized carbons (Fsp3) is 0.524. The van der Waals surface area contributed by atoms with Gasteiger partial charge in [0.2, 0.25) is 0 Å². The van der Waals surface area contributed by atoms with Crippen molar-refractivity contribution in [1.29, 1.82) is 0 Å². The summed E-state index contributed by atoms with van der Waals surface area (Å²) in [5, 5.41) is 3.55. The third-order valence-electron chi connectivity index (χ3n) is 4.99. The van der Waals surface area contributed by atoms with E-state index < -0.39 is 0 Å². The maximum absolute atomic E-state index is 3.55. The molecule has 0 saturated carbocycles. The lowest BCUT2D eigenvalue weighted by Gasteiger charge is -2.25. The molecule has 0 heterocycles. The molecule has 120 valence electrons. The summed E-state index contributed by atoms with van der Waals surface area (Å²) in [6, 6.07) is 4.62. The van der Waals surface area contributed by atoms with Gasteiger partial charge in [-0.05, 0) is 80.9 Å². The highest BCUT2D eigenvalue weighted by Crippen LogP contribution is 2.37. The molecule has 1 N–H and O–H groups in total. The molecule has 0 amide bonds. The summed E-state index contributed by atoms with van der Waals surface area (Å²) in [6.45, 7) is 14.7. The average Bonchev–Trinajstić information content (AvgIpc) is 2.44. The van der Waals surface area contributed by atoms with Crippen LogP contribution in [0.15, 0.2) is 29.4 Å². The van der Waals surface area contributed by atoms with E-state index in [9.17, 15) is 0 Å². The van der Waals surface area contributed by atoms with Gasteiger partial charge in [0.1, 0.15) is 0 Å². The van der Waals surface area contributed by atoms with Crippen LogP contribution in [-0.2, 0) is 0 Å². The Kier molecular flexibility index (Phi) is 5.50. The number of hydrogen-bond donors (Lipinski definition) is 1. The van der Waals surface area contributed by atoms with Gasteiger partial charge in [0, 0.05) is 12.2 Å². The van der Waals surface area contributed by atoms with Crippen LogP contribution in [-0.4, -0.2) is 6.54 Å². The first-order valence-corrected chi connectivity index (χ1v) is 8.67. The molecule has 1 aliphatic rings. The molecule has 1 nitrogen and oxygen atoms in total. The predicted molar refractivity (Wildman–Crippen MR) is 99.4 cm³/mol. The summed E-state index contributed by atoms with van der Waals surface area (Å²) in [7, 11) is 0. The zero-order chi connectivity index (χ0) is 16.3. The minimum absolute atomic E-state index is 0.654. The van der Waals surface area contributed by atoms with Gasteiger partial charge in [-0.25, -0.2) is 0 Å². The minimum Gasteiger partial charge on any atom is -0.385 e. The highest BCUT2D eigenvalue weighted by molar-refractivity contribution is 5.76. The van der Waals surface area contributed by atoms with Gasteiger partial charge in [-0.3, -0.25) is 0 Å². The maximum atomic E-state index is 3.55. The summed E-state index contributed by atoms with van der Waals surface area (Å²) >= 11 is 0. The number of nitrogens with one attached hydrogen (secondary N) is 1. The lowest BCUT2D eigenvalue weighted by atomic mass is 9.81. The first-order valence-electron chi connectivity index (χ1n) is 8.67. The summed E-state index contributed by atoms with van der Waals surface area (Å²) in [5.41, 5.74) is 10.00. The van der Waals surface area contributed by atoms with Gasteiger partial charge in [0.05, 0.1) is 0 Å². The molecule has 0 saturated heterocycles. The van der Waals surface area contributed by atoms with Crippen LogP contribution in [0.25, 0.3) is 5.57 Å². The van der Waals surface area contributed by atoms with Crippen molar-refractivity contribution in [2.75, 3.05) is 11.9 Å². The summed E-state index contributed by atoms with van der Waals surface area (Å²) in [6.07, 6.45) is 6.02. The van der Waals surface area contributed by atoms with Crippen molar-refractivity contribution >= 4 is 11.3 Å². The Morgan fingerprint density at radius 2 is 1.73 bits per heavy atom. The Labute approximate surface area is 136 Å². The van der Waals surface area contributed by atoms with E-state index in [2.05, 4.69) is 65.1 Å². The number of unbranched alkanes of at least 4 members (excludes halogenated alkanes) is 1. The van der Waals surface area contributed by atoms with Crippen molar-refractivity contribution in [3.05, 3.63) is 46.0 Å². The van der Waals surface area contributed by atoms with E-state index in [0.717, 1.165) is 13.0 Å². The van der Waals surface area contributed by atoms with Crippen LogP contribution in [0.2, 0.25) is 0 Å². The largest absolute Gasteiger partial charge is 0.385 e. The van der Waals surface area contributed by atoms with Crippen LogP contribution in [0.5, 0.6) is 0 Å². The van der Waals surface area contributed by atoms with Crippen LogP contribution >= 0.6 is 0 Å². The third kappa shape index (κ3) is 3.63. The van der Waals surface area contributed by atoms with Crippen molar-refractivity contribution in [2.45, 2.75) is 60.8 Å². The number of rotatable bonds is 5. The second kappa shape index (κ2) is 7.17. The maximum Gasteiger partial charge on any atom is 0.0345 e. The monoisotopic (exact) mass is 297 g/mol. The number of aryl methyl sites for hydroxylation is 2. The van der Waals surface area contributed by atoms with Gasteiger partial charge >= 0.3 is 0 Å². The highest BCUT2D eigenvalue weighted by atomic mass is 14.9. The van der Waals surface area contributed by atoms with E-state index in [0.29, 0.717) is 5.92 Å². The molecular formula is C21H31N. The Bertz CT molecular complexity index is 581. The van der Waals surface area contributed by atoms with Crippen LogP contribution in [0.4, 0.5) is 5.69 Å². The molecule has 0 radical (unpaired) electrons. The smallest absolute Gasteiger partial charge is 0.0345 e. The molecule has 1 aliphatic carbocycles. The number of hydrogen-bond acceptors (Lipinski definition) is 1. The third-order valence-corrected chi connectivity index (χ3v) is 4.99. The second-order valence-electron chi connectivity index (χ2n) is 6.91. The molecular weight excluding hydrogens is 266 g/mol. The Hall–Kier alpha value is -1.50. The zero-order valence-corrected chi connectivity index (χ0v) is 15.1. The van der Waals surface area contributed by atoms with Gasteiger partial charge in [-0.1, -0.05) is 37.5 Å². The van der Waals surface area contributed by atoms with Crippen LogP contribution in [0.3, 0.4) is 0 Å². The van der Waals surface area contributed by atoms with Gasteiger partial charge in [-0.15, -0.1) is 0 Å². The minimum atomic E-state index is 0.654. The zero-order valence-electron chi connectivity index (χ0n) is 15.1. The van der Waals surface area contributed by atoms with Crippen molar-refractivity contribution in [2.24, 2.45) is 5.92 Å². The fourth-order valence-corrected chi connectivity index (χ4v) is 3.46. The first-order chi connectivity index (χ1) is 10.4. The quantitative estimate of drug-likeness (QED) is 0.631. The lowest BCUT2D eigenvalue weighted by Crippen LogP contribution is -2.08. The Morgan fingerprint density at radius 3 is 2.27 bits per heavy atom. The van der Waals surface area contributed by atoms with Crippen LogP contribution in [0.1, 0.15) is 63.6 Å². The molecule has 2 rings (SSSR count). The molecule has 1 unspecified atom stereocenters. The van der Waals surface area contributed by atoms with Gasteiger partial charge in [-0.2, -0.15) is 0 Å². The molecule has 0 bridgehead atoms. The SMILES string of the molecule is CCCCNc1cc(C)c(C2=CC(C)=C(C)C(C)C2)c(C)c1. The van der Waals surface area contributed by atoms with E-state index in [1.54, 1.807) is 0 Å². The lowest BCUT2D eigenvalue weighted by molar-refractivity contribution is 0.688. The summed E-state index contributed by atoms with van der Waals surface area (Å²) < 4.78 is 0. The van der Waals surface area contributed by atoms with Gasteiger partial charge in [0.25, 0.3) is 0 Å². The Morgan fingerprint density at radius 1 is 1.09 bits per heavy atom. The molecule has 1 aromatic rings. The van der Waals surface area contributed by atoms with E-state index in [4.69, 9.17) is 0 Å². The standard InChI is InChI=1S/C21H31N/c1-7-8-9-22-20-12-16(4)21(17(5)13-20)19-10-14(2)18(6)15(3)11-19/h10,12-13,15,22H,7-9,11H2,1-6H3. The first kappa shape index (κ1) is 16.9. The van der Waals surface area contributed by atoms with Crippen LogP contribution in [0, 0.1) is 19.8 Å². The molecule has 0 aromatic heterocycles. The second-order valence-corrected chi connectivity index (χ2v) is 6.91. The van der Waals surface area contributed by atoms with E-state index in [1.807, 2.05) is 0 Å². The van der Waals surface area contributed by atoms with E-state index in [1.165, 1.54) is 51.9 Å². The molecule has 0 fully saturated rings. The van der Waals surface area contributed by atoms with Crippen molar-refractivity contribution < 1.29 is 0 Å². The molecule has 22 heavy (non-hydrogen) atoms. The van der Waals surface area contributed by atoms with Crippen molar-refractivity contribution in [1.82, 2.24) is 0 Å².